The number of likely N-dealkylation sites (N-methyl/N-ethyl adjacent to an activating group) is 1. The van der Waals surface area contributed by atoms with Crippen molar-refractivity contribution in [3.63, 3.8) is 0 Å². The largest absolute Gasteiger partial charge is 0.480 e. The molecule has 1 atom stereocenters. The maximum atomic E-state index is 11.9. The van der Waals surface area contributed by atoms with Crippen LogP contribution in [0, 0.1) is 0 Å². The van der Waals surface area contributed by atoms with Gasteiger partial charge in [0.15, 0.2) is 0 Å². The van der Waals surface area contributed by atoms with E-state index >= 15 is 0 Å². The molecule has 20 heavy (non-hydrogen) atoms. The standard InChI is InChI=1S/C13H25N3O4/c1-6-13(7-2,11(18)19)15-12(20)14-9(4)10(17)16(5)8-3/h9H,6-8H2,1-5H3,(H,18,19)(H2,14,15,20). The van der Waals surface area contributed by atoms with E-state index in [-0.39, 0.29) is 18.7 Å². The first-order chi connectivity index (χ1) is 9.23. The van der Waals surface area contributed by atoms with Gasteiger partial charge < -0.3 is 20.6 Å². The van der Waals surface area contributed by atoms with Crippen molar-refractivity contribution in [2.24, 2.45) is 0 Å². The molecule has 0 heterocycles. The lowest BCUT2D eigenvalue weighted by molar-refractivity contribution is -0.144. The molecule has 0 spiro atoms. The zero-order valence-electron chi connectivity index (χ0n) is 12.8. The molecule has 0 aromatic rings. The third-order valence-electron chi connectivity index (χ3n) is 3.54. The number of nitrogens with one attached hydrogen (secondary N) is 2. The molecule has 0 radical (unpaired) electrons. The predicted octanol–water partition coefficient (Wildman–Crippen LogP) is 0.796. The highest BCUT2D eigenvalue weighted by Crippen LogP contribution is 2.15. The van der Waals surface area contributed by atoms with Crippen LogP contribution in [-0.2, 0) is 9.59 Å². The van der Waals surface area contributed by atoms with Crippen molar-refractivity contribution in [2.75, 3.05) is 13.6 Å². The number of carboxylic acid groups (broad SMARTS) is 1. The molecule has 0 rings (SSSR count). The normalized spacial score (nSPS) is 12.4. The number of nitrogens with zero attached hydrogens (tertiary/aromatic N) is 1. The summed E-state index contributed by atoms with van der Waals surface area (Å²) in [4.78, 5) is 36.4. The molecule has 0 aromatic heterocycles. The summed E-state index contributed by atoms with van der Waals surface area (Å²) in [5, 5.41) is 14.1. The number of aliphatic carboxylic acids is 1. The Balaban J connectivity index is 4.70. The minimum absolute atomic E-state index is 0.225. The predicted molar refractivity (Wildman–Crippen MR) is 75.4 cm³/mol. The number of urea groups is 1. The highest BCUT2D eigenvalue weighted by molar-refractivity contribution is 5.89. The quantitative estimate of drug-likeness (QED) is 0.645. The van der Waals surface area contributed by atoms with Gasteiger partial charge in [0, 0.05) is 13.6 Å². The summed E-state index contributed by atoms with van der Waals surface area (Å²) in [7, 11) is 1.64. The van der Waals surface area contributed by atoms with Crippen LogP contribution in [0.2, 0.25) is 0 Å². The first kappa shape index (κ1) is 18.2. The van der Waals surface area contributed by atoms with Crippen LogP contribution in [0.25, 0.3) is 0 Å². The molecule has 1 unspecified atom stereocenters. The molecule has 116 valence electrons. The van der Waals surface area contributed by atoms with Crippen LogP contribution in [0.5, 0.6) is 0 Å². The van der Waals surface area contributed by atoms with E-state index in [1.165, 1.54) is 4.90 Å². The van der Waals surface area contributed by atoms with Gasteiger partial charge in [-0.15, -0.1) is 0 Å². The van der Waals surface area contributed by atoms with E-state index in [0.29, 0.717) is 6.54 Å². The number of carbonyl (C=O) groups excluding carboxylic acids is 2. The molecule has 0 saturated heterocycles. The maximum Gasteiger partial charge on any atom is 0.329 e. The summed E-state index contributed by atoms with van der Waals surface area (Å²) in [6.07, 6.45) is 0.535. The van der Waals surface area contributed by atoms with Crippen LogP contribution < -0.4 is 10.6 Å². The SMILES string of the molecule is CCN(C)C(=O)C(C)NC(=O)NC(CC)(CC)C(=O)O. The Kier molecular flexibility index (Phi) is 7.02. The Morgan fingerprint density at radius 3 is 2.05 bits per heavy atom. The topological polar surface area (TPSA) is 98.7 Å². The first-order valence-corrected chi connectivity index (χ1v) is 6.81. The highest BCUT2D eigenvalue weighted by Gasteiger charge is 2.36. The second-order valence-corrected chi connectivity index (χ2v) is 4.77. The lowest BCUT2D eigenvalue weighted by Gasteiger charge is -2.29. The number of amides is 3. The Morgan fingerprint density at radius 2 is 1.70 bits per heavy atom. The molecule has 7 heteroatoms. The summed E-state index contributed by atoms with van der Waals surface area (Å²) in [6.45, 7) is 7.31. The van der Waals surface area contributed by atoms with Crippen molar-refractivity contribution < 1.29 is 19.5 Å². The number of hydrogen-bond donors (Lipinski definition) is 3. The van der Waals surface area contributed by atoms with Gasteiger partial charge in [-0.1, -0.05) is 13.8 Å². The fourth-order valence-corrected chi connectivity index (χ4v) is 1.78. The van der Waals surface area contributed by atoms with Gasteiger partial charge in [0.2, 0.25) is 5.91 Å². The van der Waals surface area contributed by atoms with E-state index in [4.69, 9.17) is 0 Å². The molecule has 3 N–H and O–H groups in total. The van der Waals surface area contributed by atoms with E-state index in [0.717, 1.165) is 0 Å². The van der Waals surface area contributed by atoms with Crippen molar-refractivity contribution in [1.82, 2.24) is 15.5 Å². The Hall–Kier alpha value is -1.79. The van der Waals surface area contributed by atoms with Crippen LogP contribution in [0.15, 0.2) is 0 Å². The highest BCUT2D eigenvalue weighted by atomic mass is 16.4. The summed E-state index contributed by atoms with van der Waals surface area (Å²) in [5.74, 6) is -1.31. The monoisotopic (exact) mass is 287 g/mol. The lowest BCUT2D eigenvalue weighted by atomic mass is 9.93. The smallest absolute Gasteiger partial charge is 0.329 e. The van der Waals surface area contributed by atoms with Gasteiger partial charge in [-0.3, -0.25) is 4.79 Å². The van der Waals surface area contributed by atoms with E-state index in [2.05, 4.69) is 10.6 Å². The molecule has 3 amide bonds. The molecule has 7 nitrogen and oxygen atoms in total. The van der Waals surface area contributed by atoms with Crippen molar-refractivity contribution in [3.8, 4) is 0 Å². The van der Waals surface area contributed by atoms with Gasteiger partial charge in [-0.2, -0.15) is 0 Å². The Labute approximate surface area is 119 Å². The second-order valence-electron chi connectivity index (χ2n) is 4.77. The molecular weight excluding hydrogens is 262 g/mol. The van der Waals surface area contributed by atoms with Crippen molar-refractivity contribution in [3.05, 3.63) is 0 Å². The first-order valence-electron chi connectivity index (χ1n) is 6.81. The van der Waals surface area contributed by atoms with Crippen LogP contribution >= 0.6 is 0 Å². The molecule has 0 bridgehead atoms. The molecule has 0 aliphatic heterocycles. The van der Waals surface area contributed by atoms with Gasteiger partial charge in [0.1, 0.15) is 11.6 Å². The van der Waals surface area contributed by atoms with Crippen LogP contribution in [0.3, 0.4) is 0 Å². The average molecular weight is 287 g/mol. The minimum atomic E-state index is -1.30. The number of hydrogen-bond acceptors (Lipinski definition) is 3. The second kappa shape index (κ2) is 7.72. The molecular formula is C13H25N3O4. The van der Waals surface area contributed by atoms with Crippen LogP contribution in [0.4, 0.5) is 4.79 Å². The van der Waals surface area contributed by atoms with E-state index in [1.807, 2.05) is 6.92 Å². The third kappa shape index (κ3) is 4.40. The summed E-state index contributed by atoms with van der Waals surface area (Å²) >= 11 is 0. The summed E-state index contributed by atoms with van der Waals surface area (Å²) < 4.78 is 0. The molecule has 0 aliphatic rings. The zero-order chi connectivity index (χ0) is 15.9. The van der Waals surface area contributed by atoms with Gasteiger partial charge in [-0.05, 0) is 26.7 Å². The van der Waals surface area contributed by atoms with Gasteiger partial charge in [0.25, 0.3) is 0 Å². The summed E-state index contributed by atoms with van der Waals surface area (Å²) in [6, 6.07) is -1.36. The molecule has 0 saturated carbocycles. The zero-order valence-corrected chi connectivity index (χ0v) is 12.8. The molecule has 0 aromatic carbocycles. The van der Waals surface area contributed by atoms with E-state index in [1.54, 1.807) is 27.8 Å². The average Bonchev–Trinajstić information content (AvgIpc) is 2.42. The Bertz CT molecular complexity index is 367. The van der Waals surface area contributed by atoms with Crippen molar-refractivity contribution in [1.29, 1.82) is 0 Å². The Morgan fingerprint density at radius 1 is 1.20 bits per heavy atom. The van der Waals surface area contributed by atoms with Gasteiger partial charge >= 0.3 is 12.0 Å². The number of rotatable bonds is 7. The minimum Gasteiger partial charge on any atom is -0.480 e. The third-order valence-corrected chi connectivity index (χ3v) is 3.54. The maximum absolute atomic E-state index is 11.9. The van der Waals surface area contributed by atoms with Crippen molar-refractivity contribution in [2.45, 2.75) is 52.1 Å². The van der Waals surface area contributed by atoms with E-state index < -0.39 is 23.6 Å². The van der Waals surface area contributed by atoms with Gasteiger partial charge in [0.05, 0.1) is 0 Å². The molecule has 0 aliphatic carbocycles. The number of carboxylic acids is 1. The number of carbonyl (C=O) groups is 3. The van der Waals surface area contributed by atoms with Crippen molar-refractivity contribution >= 4 is 17.9 Å². The van der Waals surface area contributed by atoms with Crippen LogP contribution in [0.1, 0.15) is 40.5 Å². The molecule has 0 fully saturated rings. The van der Waals surface area contributed by atoms with Crippen LogP contribution in [-0.4, -0.2) is 53.1 Å². The lowest BCUT2D eigenvalue weighted by Crippen LogP contribution is -2.59. The van der Waals surface area contributed by atoms with Gasteiger partial charge in [-0.25, -0.2) is 9.59 Å². The fraction of sp³-hybridized carbons (Fsp3) is 0.769. The van der Waals surface area contributed by atoms with E-state index in [9.17, 15) is 19.5 Å². The summed E-state index contributed by atoms with van der Waals surface area (Å²) in [5.41, 5.74) is -1.30. The fourth-order valence-electron chi connectivity index (χ4n) is 1.78.